The Hall–Kier alpha value is -1.05. The quantitative estimate of drug-likeness (QED) is 0.403. The molecule has 84 valence electrons. The van der Waals surface area contributed by atoms with Gasteiger partial charge in [-0.25, -0.2) is 4.79 Å². The van der Waals surface area contributed by atoms with E-state index in [9.17, 15) is 4.79 Å². The van der Waals surface area contributed by atoms with E-state index < -0.39 is 0 Å². The van der Waals surface area contributed by atoms with E-state index in [2.05, 4.69) is 26.5 Å². The van der Waals surface area contributed by atoms with E-state index in [-0.39, 0.29) is 5.97 Å². The standard InChI is InChI=1S/C13H20O2/c1-4-13(14)15-9-11(3)12-7-5-10(2)6-8-12/h4-5,11-12H,1,6-9H2,2-3H3. The summed E-state index contributed by atoms with van der Waals surface area (Å²) < 4.78 is 5.06. The highest BCUT2D eigenvalue weighted by molar-refractivity contribution is 5.81. The van der Waals surface area contributed by atoms with E-state index in [0.29, 0.717) is 18.4 Å². The number of carbonyl (C=O) groups is 1. The minimum atomic E-state index is -0.315. The number of ether oxygens (including phenoxy) is 1. The average Bonchev–Trinajstić information content (AvgIpc) is 2.26. The molecule has 0 fully saturated rings. The van der Waals surface area contributed by atoms with Crippen LogP contribution >= 0.6 is 0 Å². The molecule has 2 unspecified atom stereocenters. The fourth-order valence-electron chi connectivity index (χ4n) is 1.91. The molecule has 15 heavy (non-hydrogen) atoms. The van der Waals surface area contributed by atoms with Gasteiger partial charge in [-0.1, -0.05) is 25.2 Å². The third-order valence-electron chi connectivity index (χ3n) is 3.14. The summed E-state index contributed by atoms with van der Waals surface area (Å²) in [5.74, 6) is 0.786. The maximum Gasteiger partial charge on any atom is 0.330 e. The summed E-state index contributed by atoms with van der Waals surface area (Å²) in [6, 6.07) is 0. The van der Waals surface area contributed by atoms with E-state index in [1.165, 1.54) is 24.5 Å². The lowest BCUT2D eigenvalue weighted by Gasteiger charge is -2.26. The summed E-state index contributed by atoms with van der Waals surface area (Å²) in [6.45, 7) is 8.22. The van der Waals surface area contributed by atoms with Crippen LogP contribution in [0, 0.1) is 11.8 Å². The van der Waals surface area contributed by atoms with Gasteiger partial charge < -0.3 is 4.74 Å². The van der Waals surface area contributed by atoms with E-state index in [1.807, 2.05) is 0 Å². The third-order valence-corrected chi connectivity index (χ3v) is 3.14. The van der Waals surface area contributed by atoms with Gasteiger partial charge >= 0.3 is 5.97 Å². The topological polar surface area (TPSA) is 26.3 Å². The van der Waals surface area contributed by atoms with Crippen LogP contribution in [0.2, 0.25) is 0 Å². The lowest BCUT2D eigenvalue weighted by Crippen LogP contribution is -2.20. The fourth-order valence-corrected chi connectivity index (χ4v) is 1.91. The van der Waals surface area contributed by atoms with Gasteiger partial charge in [-0.15, -0.1) is 0 Å². The molecule has 2 nitrogen and oxygen atoms in total. The molecule has 2 atom stereocenters. The van der Waals surface area contributed by atoms with Gasteiger partial charge in [0.15, 0.2) is 0 Å². The average molecular weight is 208 g/mol. The Balaban J connectivity index is 2.31. The monoisotopic (exact) mass is 208 g/mol. The summed E-state index contributed by atoms with van der Waals surface area (Å²) in [6.07, 6.45) is 7.05. The summed E-state index contributed by atoms with van der Waals surface area (Å²) in [7, 11) is 0. The molecule has 0 heterocycles. The first-order chi connectivity index (χ1) is 7.13. The summed E-state index contributed by atoms with van der Waals surface area (Å²) in [5, 5.41) is 0. The zero-order valence-corrected chi connectivity index (χ0v) is 9.66. The van der Waals surface area contributed by atoms with Crippen molar-refractivity contribution in [2.75, 3.05) is 6.61 Å². The molecule has 0 aromatic rings. The Morgan fingerprint density at radius 1 is 1.80 bits per heavy atom. The van der Waals surface area contributed by atoms with Gasteiger partial charge in [-0.2, -0.15) is 0 Å². The predicted octanol–water partition coefficient (Wildman–Crippen LogP) is 3.10. The van der Waals surface area contributed by atoms with E-state index in [0.717, 1.165) is 6.42 Å². The second kappa shape index (κ2) is 5.74. The zero-order valence-electron chi connectivity index (χ0n) is 9.66. The Bertz CT molecular complexity index is 266. The van der Waals surface area contributed by atoms with Gasteiger partial charge in [-0.05, 0) is 38.0 Å². The lowest BCUT2D eigenvalue weighted by atomic mass is 9.82. The molecule has 0 saturated carbocycles. The number of esters is 1. The van der Waals surface area contributed by atoms with Crippen molar-refractivity contribution in [3.63, 3.8) is 0 Å². The first-order valence-corrected chi connectivity index (χ1v) is 5.58. The van der Waals surface area contributed by atoms with Crippen molar-refractivity contribution in [1.29, 1.82) is 0 Å². The van der Waals surface area contributed by atoms with Gasteiger partial charge in [0.1, 0.15) is 0 Å². The predicted molar refractivity (Wildman–Crippen MR) is 61.4 cm³/mol. The molecule has 0 spiro atoms. The molecule has 0 radical (unpaired) electrons. The van der Waals surface area contributed by atoms with Gasteiger partial charge in [0.25, 0.3) is 0 Å². The van der Waals surface area contributed by atoms with Crippen LogP contribution in [0.4, 0.5) is 0 Å². The molecule has 0 aromatic carbocycles. The van der Waals surface area contributed by atoms with Gasteiger partial charge in [0.2, 0.25) is 0 Å². The van der Waals surface area contributed by atoms with E-state index >= 15 is 0 Å². The van der Waals surface area contributed by atoms with Crippen LogP contribution in [0.5, 0.6) is 0 Å². The fraction of sp³-hybridized carbons (Fsp3) is 0.615. The molecule has 0 saturated heterocycles. The molecule has 0 N–H and O–H groups in total. The highest BCUT2D eigenvalue weighted by atomic mass is 16.5. The minimum absolute atomic E-state index is 0.315. The van der Waals surface area contributed by atoms with Crippen LogP contribution in [-0.2, 0) is 9.53 Å². The van der Waals surface area contributed by atoms with Crippen LogP contribution < -0.4 is 0 Å². The first-order valence-electron chi connectivity index (χ1n) is 5.58. The summed E-state index contributed by atoms with van der Waals surface area (Å²) in [5.41, 5.74) is 1.49. The number of hydrogen-bond acceptors (Lipinski definition) is 2. The lowest BCUT2D eigenvalue weighted by molar-refractivity contribution is -0.139. The van der Waals surface area contributed by atoms with Crippen molar-refractivity contribution in [2.45, 2.75) is 33.1 Å². The van der Waals surface area contributed by atoms with Crippen LogP contribution in [-0.4, -0.2) is 12.6 Å². The molecule has 1 rings (SSSR count). The SMILES string of the molecule is C=CC(=O)OCC(C)C1CC=C(C)CC1. The minimum Gasteiger partial charge on any atom is -0.462 e. The number of allylic oxidation sites excluding steroid dienone is 2. The van der Waals surface area contributed by atoms with Gasteiger partial charge in [-0.3, -0.25) is 0 Å². The smallest absolute Gasteiger partial charge is 0.330 e. The molecule has 2 heteroatoms. The van der Waals surface area contributed by atoms with Crippen LogP contribution in [0.15, 0.2) is 24.3 Å². The van der Waals surface area contributed by atoms with Crippen molar-refractivity contribution < 1.29 is 9.53 Å². The number of carbonyl (C=O) groups excluding carboxylic acids is 1. The summed E-state index contributed by atoms with van der Waals surface area (Å²) >= 11 is 0. The van der Waals surface area contributed by atoms with Crippen molar-refractivity contribution in [2.24, 2.45) is 11.8 Å². The normalized spacial score (nSPS) is 22.8. The molecular formula is C13H20O2. The van der Waals surface area contributed by atoms with Crippen molar-refractivity contribution in [1.82, 2.24) is 0 Å². The molecule has 0 aromatic heterocycles. The molecule has 0 bridgehead atoms. The second-order valence-corrected chi connectivity index (χ2v) is 4.40. The van der Waals surface area contributed by atoms with Crippen molar-refractivity contribution in [3.8, 4) is 0 Å². The molecular weight excluding hydrogens is 188 g/mol. The summed E-state index contributed by atoms with van der Waals surface area (Å²) in [4.78, 5) is 10.9. The van der Waals surface area contributed by atoms with Crippen LogP contribution in [0.3, 0.4) is 0 Å². The largest absolute Gasteiger partial charge is 0.462 e. The molecule has 1 aliphatic carbocycles. The van der Waals surface area contributed by atoms with Crippen molar-refractivity contribution in [3.05, 3.63) is 24.3 Å². The van der Waals surface area contributed by atoms with Crippen LogP contribution in [0.1, 0.15) is 33.1 Å². The molecule has 0 aliphatic heterocycles. The zero-order chi connectivity index (χ0) is 11.3. The first kappa shape index (κ1) is 12.0. The number of hydrogen-bond donors (Lipinski definition) is 0. The Labute approximate surface area is 92.0 Å². The van der Waals surface area contributed by atoms with Gasteiger partial charge in [0, 0.05) is 6.08 Å². The third kappa shape index (κ3) is 3.90. The van der Waals surface area contributed by atoms with Crippen LogP contribution in [0.25, 0.3) is 0 Å². The Kier molecular flexibility index (Phi) is 4.60. The Morgan fingerprint density at radius 2 is 2.53 bits per heavy atom. The highest BCUT2D eigenvalue weighted by Gasteiger charge is 2.20. The maximum absolute atomic E-state index is 10.9. The maximum atomic E-state index is 10.9. The van der Waals surface area contributed by atoms with Crippen molar-refractivity contribution >= 4 is 5.97 Å². The van der Waals surface area contributed by atoms with Gasteiger partial charge in [0.05, 0.1) is 6.61 Å². The Morgan fingerprint density at radius 3 is 3.07 bits per heavy atom. The second-order valence-electron chi connectivity index (χ2n) is 4.40. The van der Waals surface area contributed by atoms with E-state index in [4.69, 9.17) is 4.74 Å². The molecule has 1 aliphatic rings. The number of rotatable bonds is 4. The highest BCUT2D eigenvalue weighted by Crippen LogP contribution is 2.29. The van der Waals surface area contributed by atoms with E-state index in [1.54, 1.807) is 0 Å². The molecule has 0 amide bonds.